The van der Waals surface area contributed by atoms with Crippen molar-refractivity contribution >= 4 is 39.3 Å². The highest BCUT2D eigenvalue weighted by atomic mass is 32.2. The number of hydrogen-bond acceptors (Lipinski definition) is 6. The van der Waals surface area contributed by atoms with Gasteiger partial charge in [-0.25, -0.2) is 13.6 Å². The van der Waals surface area contributed by atoms with Gasteiger partial charge in [0.05, 0.1) is 22.5 Å². The van der Waals surface area contributed by atoms with Gasteiger partial charge in [-0.3, -0.25) is 9.59 Å². The summed E-state index contributed by atoms with van der Waals surface area (Å²) in [5, 5.41) is 7.16. The Hall–Kier alpha value is -1.58. The summed E-state index contributed by atoms with van der Waals surface area (Å²) >= 11 is 1.16. The molecule has 0 spiro atoms. The van der Waals surface area contributed by atoms with E-state index in [4.69, 9.17) is 9.88 Å². The Morgan fingerprint density at radius 3 is 2.41 bits per heavy atom. The van der Waals surface area contributed by atoms with Gasteiger partial charge < -0.3 is 10.1 Å². The summed E-state index contributed by atoms with van der Waals surface area (Å²) in [4.78, 5) is 23.1. The first-order valence-corrected chi connectivity index (χ1v) is 9.04. The Bertz CT molecular complexity index is 628. The maximum Gasteiger partial charge on any atom is 0.315 e. The van der Waals surface area contributed by atoms with Gasteiger partial charge in [-0.15, -0.1) is 11.8 Å². The molecule has 1 atom stereocenters. The van der Waals surface area contributed by atoms with E-state index in [1.54, 1.807) is 13.8 Å². The molecule has 1 aromatic rings. The summed E-state index contributed by atoms with van der Waals surface area (Å²) in [6.07, 6.45) is 0. The van der Waals surface area contributed by atoms with Crippen LogP contribution in [0.15, 0.2) is 29.2 Å². The minimum absolute atomic E-state index is 0.0322. The summed E-state index contributed by atoms with van der Waals surface area (Å²) < 4.78 is 27.0. The fourth-order valence-corrected chi connectivity index (χ4v) is 2.64. The number of hydrogen-bond donors (Lipinski definition) is 2. The standard InChI is InChI=1S/C13H18N2O5S2/c1-3-20-12(16)8-21-9(2)13(17)15-10-4-6-11(7-5-10)22(14,18)19/h4-7,9H,3,8H2,1-2H3,(H,15,17)(H2,14,18,19)/t9-/m0/s1. The Morgan fingerprint density at radius 1 is 1.32 bits per heavy atom. The number of anilines is 1. The molecule has 0 saturated heterocycles. The van der Waals surface area contributed by atoms with Crippen molar-refractivity contribution in [2.75, 3.05) is 17.7 Å². The fraction of sp³-hybridized carbons (Fsp3) is 0.385. The van der Waals surface area contributed by atoms with Crippen molar-refractivity contribution in [3.8, 4) is 0 Å². The summed E-state index contributed by atoms with van der Waals surface area (Å²) in [7, 11) is -3.76. The molecule has 3 N–H and O–H groups in total. The number of thioether (sulfide) groups is 1. The maximum absolute atomic E-state index is 11.9. The SMILES string of the molecule is CCOC(=O)CS[C@@H](C)C(=O)Nc1ccc(S(N)(=O)=O)cc1. The normalized spacial score (nSPS) is 12.5. The summed E-state index contributed by atoms with van der Waals surface area (Å²) in [5.74, 6) is -0.574. The number of carbonyl (C=O) groups excluding carboxylic acids is 2. The second-order valence-electron chi connectivity index (χ2n) is 4.32. The van der Waals surface area contributed by atoms with Crippen molar-refractivity contribution in [1.82, 2.24) is 0 Å². The number of nitrogens with one attached hydrogen (secondary N) is 1. The molecular formula is C13H18N2O5S2. The van der Waals surface area contributed by atoms with Crippen LogP contribution in [0.25, 0.3) is 0 Å². The lowest BCUT2D eigenvalue weighted by Crippen LogP contribution is -2.24. The second kappa shape index (κ2) is 8.16. The van der Waals surface area contributed by atoms with Crippen molar-refractivity contribution in [2.24, 2.45) is 5.14 Å². The van der Waals surface area contributed by atoms with Crippen LogP contribution in [0.2, 0.25) is 0 Å². The zero-order valence-corrected chi connectivity index (χ0v) is 13.9. The highest BCUT2D eigenvalue weighted by Gasteiger charge is 2.16. The molecule has 1 rings (SSSR count). The molecule has 0 aliphatic heterocycles. The van der Waals surface area contributed by atoms with Crippen molar-refractivity contribution < 1.29 is 22.7 Å². The van der Waals surface area contributed by atoms with Crippen molar-refractivity contribution in [3.63, 3.8) is 0 Å². The number of carbonyl (C=O) groups is 2. The lowest BCUT2D eigenvalue weighted by Gasteiger charge is -2.12. The van der Waals surface area contributed by atoms with Gasteiger partial charge in [-0.2, -0.15) is 0 Å². The first kappa shape index (κ1) is 18.5. The first-order chi connectivity index (χ1) is 10.2. The highest BCUT2D eigenvalue weighted by molar-refractivity contribution is 8.01. The van der Waals surface area contributed by atoms with Crippen LogP contribution in [0.3, 0.4) is 0 Å². The molecule has 0 bridgehead atoms. The first-order valence-electron chi connectivity index (χ1n) is 6.45. The Morgan fingerprint density at radius 2 is 1.91 bits per heavy atom. The Balaban J connectivity index is 2.55. The van der Waals surface area contributed by atoms with E-state index in [0.717, 1.165) is 11.8 Å². The average Bonchev–Trinajstić information content (AvgIpc) is 2.44. The van der Waals surface area contributed by atoms with Crippen LogP contribution in [0.1, 0.15) is 13.8 Å². The molecule has 0 fully saturated rings. The van der Waals surface area contributed by atoms with Gasteiger partial charge in [-0.05, 0) is 38.1 Å². The third kappa shape index (κ3) is 6.04. The van der Waals surface area contributed by atoms with E-state index in [-0.39, 0.29) is 22.5 Å². The Labute approximate surface area is 133 Å². The predicted molar refractivity (Wildman–Crippen MR) is 85.0 cm³/mol. The number of ether oxygens (including phenoxy) is 1. The molecular weight excluding hydrogens is 328 g/mol. The minimum Gasteiger partial charge on any atom is -0.465 e. The van der Waals surface area contributed by atoms with Gasteiger partial charge in [0.25, 0.3) is 0 Å². The van der Waals surface area contributed by atoms with Crippen molar-refractivity contribution in [1.29, 1.82) is 0 Å². The van der Waals surface area contributed by atoms with Crippen LogP contribution in [0, 0.1) is 0 Å². The Kier molecular flexibility index (Phi) is 6.85. The third-order valence-corrected chi connectivity index (χ3v) is 4.62. The molecule has 0 aromatic heterocycles. The molecule has 9 heteroatoms. The lowest BCUT2D eigenvalue weighted by atomic mass is 10.3. The van der Waals surface area contributed by atoms with Crippen LogP contribution >= 0.6 is 11.8 Å². The van der Waals surface area contributed by atoms with Crippen LogP contribution in [0.5, 0.6) is 0 Å². The van der Waals surface area contributed by atoms with Gasteiger partial charge >= 0.3 is 5.97 Å². The smallest absolute Gasteiger partial charge is 0.315 e. The molecule has 1 amide bonds. The molecule has 0 aliphatic rings. The van der Waals surface area contributed by atoms with Gasteiger partial charge in [-0.1, -0.05) is 0 Å². The van der Waals surface area contributed by atoms with Crippen LogP contribution < -0.4 is 10.5 Å². The fourth-order valence-electron chi connectivity index (χ4n) is 1.44. The molecule has 7 nitrogen and oxygen atoms in total. The summed E-state index contributed by atoms with van der Waals surface area (Å²) in [6.45, 7) is 3.68. The molecule has 22 heavy (non-hydrogen) atoms. The van der Waals surface area contributed by atoms with Gasteiger partial charge in [0.1, 0.15) is 0 Å². The highest BCUT2D eigenvalue weighted by Crippen LogP contribution is 2.16. The summed E-state index contributed by atoms with van der Waals surface area (Å²) in [5.41, 5.74) is 0.445. The molecule has 0 radical (unpaired) electrons. The number of esters is 1. The van der Waals surface area contributed by atoms with Crippen LogP contribution in [-0.4, -0.2) is 37.9 Å². The summed E-state index contributed by atoms with van der Waals surface area (Å²) in [6, 6.07) is 5.50. The molecule has 0 saturated carbocycles. The number of rotatable bonds is 7. The average molecular weight is 346 g/mol. The van der Waals surface area contributed by atoms with E-state index in [1.165, 1.54) is 24.3 Å². The molecule has 0 heterocycles. The maximum atomic E-state index is 11.9. The molecule has 0 aliphatic carbocycles. The number of nitrogens with two attached hydrogens (primary N) is 1. The van der Waals surface area contributed by atoms with Gasteiger partial charge in [0.2, 0.25) is 15.9 Å². The zero-order valence-electron chi connectivity index (χ0n) is 12.2. The molecule has 1 aromatic carbocycles. The number of primary sulfonamides is 1. The van der Waals surface area contributed by atoms with E-state index >= 15 is 0 Å². The predicted octanol–water partition coefficient (Wildman–Crippen LogP) is 0.957. The number of benzene rings is 1. The number of amides is 1. The van der Waals surface area contributed by atoms with Crippen molar-refractivity contribution in [2.45, 2.75) is 24.0 Å². The van der Waals surface area contributed by atoms with E-state index in [9.17, 15) is 18.0 Å². The topological polar surface area (TPSA) is 116 Å². The molecule has 0 unspecified atom stereocenters. The largest absolute Gasteiger partial charge is 0.465 e. The minimum atomic E-state index is -3.76. The van der Waals surface area contributed by atoms with Gasteiger partial charge in [0, 0.05) is 5.69 Å². The third-order valence-electron chi connectivity index (χ3n) is 2.58. The van der Waals surface area contributed by atoms with Crippen molar-refractivity contribution in [3.05, 3.63) is 24.3 Å². The van der Waals surface area contributed by atoms with E-state index < -0.39 is 15.3 Å². The van der Waals surface area contributed by atoms with Crippen LogP contribution in [-0.2, 0) is 24.3 Å². The lowest BCUT2D eigenvalue weighted by molar-refractivity contribution is -0.139. The zero-order chi connectivity index (χ0) is 16.8. The molecule has 122 valence electrons. The monoisotopic (exact) mass is 346 g/mol. The van der Waals surface area contributed by atoms with E-state index in [0.29, 0.717) is 12.3 Å². The van der Waals surface area contributed by atoms with Crippen LogP contribution in [0.4, 0.5) is 5.69 Å². The number of sulfonamides is 1. The van der Waals surface area contributed by atoms with Gasteiger partial charge in [0.15, 0.2) is 0 Å². The van der Waals surface area contributed by atoms with E-state index in [1.807, 2.05) is 0 Å². The van der Waals surface area contributed by atoms with E-state index in [2.05, 4.69) is 5.32 Å². The quantitative estimate of drug-likeness (QED) is 0.710. The second-order valence-corrected chi connectivity index (χ2v) is 7.21.